The smallest absolute Gasteiger partial charge is 0.305 e. The maximum atomic E-state index is 14.0. The van der Waals surface area contributed by atoms with Crippen LogP contribution in [0.1, 0.15) is 190 Å². The zero-order valence-electron chi connectivity index (χ0n) is 86.2. The monoisotopic (exact) mass is 2070 g/mol. The first kappa shape index (κ1) is 115. The number of carboxylic acid groups (broad SMARTS) is 1. The number of ether oxygens (including phenoxy) is 6. The third-order valence-corrected chi connectivity index (χ3v) is 29.5. The lowest BCUT2D eigenvalue weighted by Gasteiger charge is -2.39. The van der Waals surface area contributed by atoms with Crippen LogP contribution in [0.15, 0.2) is 133 Å². The molecule has 4 saturated heterocycles. The van der Waals surface area contributed by atoms with Gasteiger partial charge in [-0.25, -0.2) is 29.9 Å². The zero-order valence-corrected chi connectivity index (χ0v) is 87.8. The van der Waals surface area contributed by atoms with E-state index in [2.05, 4.69) is 92.1 Å². The molecule has 37 heteroatoms. The number of rotatable bonds is 55. The average molecular weight is 2070 g/mol. The summed E-state index contributed by atoms with van der Waals surface area (Å²) in [5.41, 5.74) is 15.4. The van der Waals surface area contributed by atoms with E-state index in [9.17, 15) is 68.4 Å². The number of ketones is 5. The second-order valence-electron chi connectivity index (χ2n) is 41.1. The van der Waals surface area contributed by atoms with E-state index in [1.54, 1.807) is 39.7 Å². The van der Waals surface area contributed by atoms with Crippen molar-refractivity contribution < 1.29 is 102 Å². The normalized spacial score (nSPS) is 17.8. The third kappa shape index (κ3) is 36.9. The van der Waals surface area contributed by atoms with Crippen LogP contribution in [-0.2, 0) is 112 Å². The Bertz CT molecular complexity index is 5590. The summed E-state index contributed by atoms with van der Waals surface area (Å²) in [6, 6.07) is 35.3. The van der Waals surface area contributed by atoms with E-state index in [0.717, 1.165) is 101 Å². The number of thiazole rings is 2. The van der Waals surface area contributed by atoms with Gasteiger partial charge in [0, 0.05) is 166 Å². The molecule has 0 aliphatic carbocycles. The molecule has 4 amide bonds. The van der Waals surface area contributed by atoms with Crippen LogP contribution in [0.2, 0.25) is 0 Å². The predicted octanol–water partition coefficient (Wildman–Crippen LogP) is 10.0. The fourth-order valence-electron chi connectivity index (χ4n) is 18.8. The van der Waals surface area contributed by atoms with E-state index in [-0.39, 0.29) is 201 Å². The summed E-state index contributed by atoms with van der Waals surface area (Å²) in [4.78, 5) is 166. The Morgan fingerprint density at radius 1 is 0.497 bits per heavy atom. The van der Waals surface area contributed by atoms with Crippen LogP contribution in [0.5, 0.6) is 0 Å². The van der Waals surface area contributed by atoms with Gasteiger partial charge in [0.15, 0.2) is 17.3 Å². The number of β-amino-alcohol motifs (C(OH)–C–C–N with tert-alkyl or cyclic N) is 4. The van der Waals surface area contributed by atoms with Crippen molar-refractivity contribution in [3.05, 3.63) is 195 Å². The van der Waals surface area contributed by atoms with Crippen molar-refractivity contribution in [2.24, 2.45) is 28.6 Å². The van der Waals surface area contributed by atoms with Crippen LogP contribution in [0.25, 0.3) is 20.9 Å². The molecule has 8 atom stereocenters. The molecule has 0 unspecified atom stereocenters. The number of hydrogen-bond acceptors (Lipinski definition) is 32. The number of carbonyl (C=O) groups is 10. The summed E-state index contributed by atoms with van der Waals surface area (Å²) in [7, 11) is 0. The molecule has 8 N–H and O–H groups in total. The largest absolute Gasteiger partial charge is 0.481 e. The molecule has 35 nitrogen and oxygen atoms in total. The van der Waals surface area contributed by atoms with Gasteiger partial charge in [-0.05, 0) is 120 Å². The number of amides is 4. The predicted molar refractivity (Wildman–Crippen MR) is 557 cm³/mol. The number of Topliss-reactive ketones (excluding diaryl/α,β-unsaturated/α-hetero) is 5. The van der Waals surface area contributed by atoms with Gasteiger partial charge in [-0.1, -0.05) is 139 Å². The molecule has 10 heterocycles. The highest BCUT2D eigenvalue weighted by Gasteiger charge is 2.47. The Morgan fingerprint density at radius 2 is 0.939 bits per heavy atom. The van der Waals surface area contributed by atoms with Crippen molar-refractivity contribution in [1.29, 1.82) is 0 Å². The minimum atomic E-state index is -0.914. The molecule has 6 aliphatic heterocycles. The van der Waals surface area contributed by atoms with E-state index < -0.39 is 65.1 Å². The molecule has 796 valence electrons. The van der Waals surface area contributed by atoms with Crippen LogP contribution in [0.4, 0.5) is 5.82 Å². The lowest BCUT2D eigenvalue weighted by atomic mass is 9.76. The minimum absolute atomic E-state index is 0.00889. The number of aryl methyl sites for hydroxylation is 4. The summed E-state index contributed by atoms with van der Waals surface area (Å²) in [6.45, 7) is 26.4. The molecule has 4 fully saturated rings. The fraction of sp³-hybridized carbons (Fsp3) is 0.564. The average Bonchev–Trinajstić information content (AvgIpc) is 1.68. The number of fused-ring (bicyclic) bond motifs is 2. The number of anilines is 1. The number of likely N-dealkylation sites (tertiary alicyclic amines) is 3. The standard InChI is InChI=1S/C55H73N7O10S.C34H48N2O9S.C21H27N5O2/c1-37-52(73-36-59-37)41-12-9-38(10-13-41)11-14-50(66)49-28-45(64)34-62(49)54(69)47(55(2,3)4)27-44(63)16-19-70-21-23-72-24-22-71-20-17-51(67)61-30-39(31-61)25-43-26-48(58-35-57-43)53(68)56-29-46(65)33-60-18-15-40-7-5-6-8-42(40)32-60;1-23-32(46-22-35-23)25-8-5-24(6-9-25)7-10-30(39)29-20-27(38)21-36(29)33(42)28(34(2,3)4)19-26(37)11-13-43-15-17-45-18-16-44-14-12-31(40)41;27-18(13-26-8-7-15-3-1-2-4-16(15)12-26)5-6-20(28)19-9-21(24-14-23-19)25-17-10-22-11-17/h5-10,12-13,26,35-36,39,45-47,49,64-65H,11,14-25,27-34H2,1-4H3,(H,56,68);5-6,8-9,22,27-29,38H,7,10-21H2,1-4H3,(H,40,41);1-4,9,14,17-18,22,27H,5-8,10-13H2,(H,23,24,25)/t45-,46+,47-,49+;27-,28-,29+;18-/m110/s1. The molecule has 14 rings (SSSR count). The van der Waals surface area contributed by atoms with Gasteiger partial charge in [0.2, 0.25) is 17.7 Å². The van der Waals surface area contributed by atoms with Gasteiger partial charge in [0.25, 0.3) is 5.91 Å². The van der Waals surface area contributed by atoms with Crippen molar-refractivity contribution in [3.8, 4) is 20.9 Å². The Morgan fingerprint density at radius 3 is 1.39 bits per heavy atom. The van der Waals surface area contributed by atoms with Crippen molar-refractivity contribution >= 4 is 87.0 Å². The summed E-state index contributed by atoms with van der Waals surface area (Å²) >= 11 is 3.18. The van der Waals surface area contributed by atoms with E-state index in [0.29, 0.717) is 102 Å². The second kappa shape index (κ2) is 57.9. The van der Waals surface area contributed by atoms with E-state index in [1.807, 2.05) is 127 Å². The summed E-state index contributed by atoms with van der Waals surface area (Å²) < 4.78 is 32.9. The molecule has 0 spiro atoms. The number of carboxylic acids is 1. The highest BCUT2D eigenvalue weighted by Crippen LogP contribution is 2.38. The zero-order chi connectivity index (χ0) is 105. The summed E-state index contributed by atoms with van der Waals surface area (Å²) in [6.07, 6.45) is 5.68. The highest BCUT2D eigenvalue weighted by molar-refractivity contribution is 7.13. The van der Waals surface area contributed by atoms with Gasteiger partial charge in [0.1, 0.15) is 41.4 Å². The lowest BCUT2D eigenvalue weighted by molar-refractivity contribution is -0.146. The Kier molecular flexibility index (Phi) is 45.3. The Labute approximate surface area is 869 Å². The van der Waals surface area contributed by atoms with Crippen molar-refractivity contribution in [3.63, 3.8) is 0 Å². The van der Waals surface area contributed by atoms with Gasteiger partial charge < -0.3 is 84.6 Å². The maximum absolute atomic E-state index is 14.0. The molecule has 6 aliphatic rings. The van der Waals surface area contributed by atoms with Gasteiger partial charge in [-0.3, -0.25) is 57.7 Å². The molecule has 0 radical (unpaired) electrons. The number of hydrogen-bond donors (Lipinski definition) is 8. The van der Waals surface area contributed by atoms with Crippen LogP contribution < -0.4 is 16.0 Å². The maximum Gasteiger partial charge on any atom is 0.305 e. The number of nitrogens with zero attached hydrogens (tertiary/aromatic N) is 11. The van der Waals surface area contributed by atoms with Gasteiger partial charge in [0.05, 0.1) is 167 Å². The number of aromatic nitrogens is 6. The van der Waals surface area contributed by atoms with Crippen LogP contribution in [0, 0.1) is 42.4 Å². The van der Waals surface area contributed by atoms with Gasteiger partial charge in [-0.2, -0.15) is 0 Å². The molecular weight excluding hydrogens is 1920 g/mol. The van der Waals surface area contributed by atoms with Gasteiger partial charge >= 0.3 is 5.97 Å². The first-order valence-corrected chi connectivity index (χ1v) is 53.3. The Hall–Kier alpha value is -10.7. The summed E-state index contributed by atoms with van der Waals surface area (Å²) in [5.74, 6) is -2.71. The van der Waals surface area contributed by atoms with Gasteiger partial charge in [-0.15, -0.1) is 22.7 Å². The Balaban J connectivity index is 0.000000219. The van der Waals surface area contributed by atoms with Crippen LogP contribution in [0.3, 0.4) is 0 Å². The molecular formula is C110H148N14O21S2. The molecule has 0 saturated carbocycles. The third-order valence-electron chi connectivity index (χ3n) is 27.5. The highest BCUT2D eigenvalue weighted by atomic mass is 32.1. The van der Waals surface area contributed by atoms with E-state index >= 15 is 0 Å². The first-order chi connectivity index (χ1) is 70.6. The molecule has 4 aromatic carbocycles. The van der Waals surface area contributed by atoms with Crippen molar-refractivity contribution in [2.45, 2.75) is 220 Å². The van der Waals surface area contributed by atoms with E-state index in [4.69, 9.17) is 33.5 Å². The van der Waals surface area contributed by atoms with Crippen molar-refractivity contribution in [1.82, 2.24) is 65.0 Å². The number of aliphatic hydroxyl groups is 4. The molecule has 4 aromatic heterocycles. The number of nitrogens with one attached hydrogen (secondary N) is 3. The SMILES string of the molecule is Cc1ncsc1-c1ccc(CCC(=O)[C@@H]2C[C@@H](O)CN2C(=O)[C@@H](CC(=O)CCOCCOCCOCCC(=O)N2CC(Cc3cc(C(=O)NC[C@H](O)CN4CCc5ccccc5C4)ncn3)C2)C(C)(C)C)cc1.Cc1ncsc1-c1ccc(CCC(=O)[C@@H]2C[C@@H](O)CN2C(=O)[C@@H](CC(=O)CCOCCOCCOCCC(=O)O)C(C)(C)C)cc1.O=C(CC[C@H](O)CN1CCc2ccccc2C1)c1cc(NC2CNC2)ncn1. The fourth-order valence-corrected chi connectivity index (χ4v) is 20.5. The van der Waals surface area contributed by atoms with E-state index in [1.165, 1.54) is 44.7 Å². The quantitative estimate of drug-likeness (QED) is 0.0130. The number of aliphatic hydroxyl groups excluding tert-OH is 4. The van der Waals surface area contributed by atoms with Crippen LogP contribution >= 0.6 is 22.7 Å². The number of aliphatic carboxylic acids is 1. The lowest BCUT2D eigenvalue weighted by Crippen LogP contribution is -2.51. The number of benzene rings is 4. The summed E-state index contributed by atoms with van der Waals surface area (Å²) in [5, 5.41) is 60.0. The topological polar surface area (TPSA) is 457 Å². The minimum Gasteiger partial charge on any atom is -0.481 e. The second-order valence-corrected chi connectivity index (χ2v) is 42.8. The molecule has 0 bridgehead atoms. The molecule has 147 heavy (non-hydrogen) atoms. The first-order valence-electron chi connectivity index (χ1n) is 51.5. The van der Waals surface area contributed by atoms with Crippen LogP contribution in [-0.4, -0.2) is 332 Å². The van der Waals surface area contributed by atoms with Crippen molar-refractivity contribution in [2.75, 3.05) is 157 Å². The number of carbonyl (C=O) groups excluding carboxylic acids is 9. The molecule has 8 aromatic rings.